The Bertz CT molecular complexity index is 433. The van der Waals surface area contributed by atoms with Crippen LogP contribution in [0.4, 0.5) is 5.69 Å². The number of rotatable bonds is 2. The molecule has 1 aromatic carbocycles. The second-order valence-electron chi connectivity index (χ2n) is 4.64. The Morgan fingerprint density at radius 1 is 1.11 bits per heavy atom. The molecule has 2 N–H and O–H groups in total. The summed E-state index contributed by atoms with van der Waals surface area (Å²) in [7, 11) is 0. The molecule has 0 aromatic heterocycles. The Hall–Kier alpha value is -0.940. The van der Waals surface area contributed by atoms with Gasteiger partial charge < -0.3 is 20.1 Å². The molecule has 0 atom stereocenters. The molecule has 2 heterocycles. The van der Waals surface area contributed by atoms with Crippen molar-refractivity contribution in [1.29, 1.82) is 0 Å². The fourth-order valence-corrected chi connectivity index (χ4v) is 2.80. The average Bonchev–Trinajstić information content (AvgIpc) is 2.41. The second-order valence-corrected chi connectivity index (χ2v) is 5.50. The Morgan fingerprint density at radius 3 is 2.50 bits per heavy atom. The van der Waals surface area contributed by atoms with E-state index in [1.807, 2.05) is 12.1 Å². The molecule has 1 aromatic rings. The number of nitrogens with one attached hydrogen (secondary N) is 2. The molecule has 18 heavy (non-hydrogen) atoms. The van der Waals surface area contributed by atoms with Crippen LogP contribution in [0.15, 0.2) is 16.6 Å². The van der Waals surface area contributed by atoms with Gasteiger partial charge in [-0.1, -0.05) is 0 Å². The fourth-order valence-electron chi connectivity index (χ4n) is 2.36. The molecule has 2 aliphatic rings. The summed E-state index contributed by atoms with van der Waals surface area (Å²) >= 11 is 3.59. The van der Waals surface area contributed by atoms with E-state index < -0.39 is 0 Å². The van der Waals surface area contributed by atoms with Crippen molar-refractivity contribution >= 4 is 21.6 Å². The molecule has 2 aliphatic heterocycles. The number of ether oxygens (including phenoxy) is 2. The summed E-state index contributed by atoms with van der Waals surface area (Å²) in [5, 5.41) is 6.95. The van der Waals surface area contributed by atoms with Gasteiger partial charge in [0.1, 0.15) is 13.2 Å². The van der Waals surface area contributed by atoms with Gasteiger partial charge in [0.15, 0.2) is 11.5 Å². The Labute approximate surface area is 115 Å². The number of benzene rings is 1. The summed E-state index contributed by atoms with van der Waals surface area (Å²) in [5.41, 5.74) is 1.09. The number of hydrogen-bond acceptors (Lipinski definition) is 4. The molecular weight excluding hydrogens is 296 g/mol. The maximum atomic E-state index is 5.61. The first kappa shape index (κ1) is 12.1. The third kappa shape index (κ3) is 2.57. The molecule has 1 fully saturated rings. The minimum Gasteiger partial charge on any atom is -0.486 e. The summed E-state index contributed by atoms with van der Waals surface area (Å²) in [5.74, 6) is 1.66. The maximum absolute atomic E-state index is 5.61. The largest absolute Gasteiger partial charge is 0.486 e. The molecule has 4 nitrogen and oxygen atoms in total. The van der Waals surface area contributed by atoms with Crippen LogP contribution in [-0.2, 0) is 0 Å². The summed E-state index contributed by atoms with van der Waals surface area (Å²) in [6.45, 7) is 3.42. The van der Waals surface area contributed by atoms with Gasteiger partial charge in [-0.2, -0.15) is 0 Å². The lowest BCUT2D eigenvalue weighted by Crippen LogP contribution is -2.35. The van der Waals surface area contributed by atoms with Crippen LogP contribution in [0, 0.1) is 0 Å². The lowest BCUT2D eigenvalue weighted by Gasteiger charge is -2.26. The van der Waals surface area contributed by atoms with Crippen LogP contribution < -0.4 is 20.1 Å². The molecule has 0 bridgehead atoms. The number of piperidine rings is 1. The minimum absolute atomic E-state index is 0.533. The Balaban J connectivity index is 1.78. The monoisotopic (exact) mass is 312 g/mol. The van der Waals surface area contributed by atoms with Crippen LogP contribution in [0.5, 0.6) is 11.5 Å². The van der Waals surface area contributed by atoms with Crippen molar-refractivity contribution in [3.63, 3.8) is 0 Å². The summed E-state index contributed by atoms with van der Waals surface area (Å²) in [6.07, 6.45) is 2.31. The highest BCUT2D eigenvalue weighted by Crippen LogP contribution is 2.38. The number of halogens is 1. The van der Waals surface area contributed by atoms with Crippen molar-refractivity contribution in [3.05, 3.63) is 16.6 Å². The van der Waals surface area contributed by atoms with Gasteiger partial charge in [-0.3, -0.25) is 0 Å². The van der Waals surface area contributed by atoms with Crippen molar-refractivity contribution in [1.82, 2.24) is 5.32 Å². The molecule has 0 amide bonds. The zero-order chi connectivity index (χ0) is 12.4. The van der Waals surface area contributed by atoms with E-state index in [0.717, 1.165) is 47.6 Å². The smallest absolute Gasteiger partial charge is 0.163 e. The summed E-state index contributed by atoms with van der Waals surface area (Å²) < 4.78 is 12.2. The standard InChI is InChI=1S/C13H17BrN2O2/c14-10-7-12-13(18-6-5-17-12)8-11(10)16-9-1-3-15-4-2-9/h7-9,15-16H,1-6H2. The van der Waals surface area contributed by atoms with E-state index in [2.05, 4.69) is 26.6 Å². The topological polar surface area (TPSA) is 42.5 Å². The highest BCUT2D eigenvalue weighted by molar-refractivity contribution is 9.10. The molecule has 3 rings (SSSR count). The van der Waals surface area contributed by atoms with Gasteiger partial charge in [0.05, 0.1) is 5.69 Å². The lowest BCUT2D eigenvalue weighted by atomic mass is 10.1. The average molecular weight is 313 g/mol. The van der Waals surface area contributed by atoms with E-state index in [1.54, 1.807) is 0 Å². The van der Waals surface area contributed by atoms with Crippen LogP contribution in [0.1, 0.15) is 12.8 Å². The summed E-state index contributed by atoms with van der Waals surface area (Å²) in [6, 6.07) is 4.54. The predicted molar refractivity (Wildman–Crippen MR) is 74.6 cm³/mol. The minimum atomic E-state index is 0.533. The third-order valence-electron chi connectivity index (χ3n) is 3.33. The molecule has 5 heteroatoms. The van der Waals surface area contributed by atoms with E-state index in [-0.39, 0.29) is 0 Å². The molecule has 0 radical (unpaired) electrons. The van der Waals surface area contributed by atoms with Crippen molar-refractivity contribution < 1.29 is 9.47 Å². The van der Waals surface area contributed by atoms with E-state index in [9.17, 15) is 0 Å². The normalized spacial score (nSPS) is 19.6. The van der Waals surface area contributed by atoms with Gasteiger partial charge >= 0.3 is 0 Å². The van der Waals surface area contributed by atoms with E-state index in [0.29, 0.717) is 19.3 Å². The van der Waals surface area contributed by atoms with Crippen molar-refractivity contribution in [2.75, 3.05) is 31.6 Å². The zero-order valence-electron chi connectivity index (χ0n) is 10.2. The van der Waals surface area contributed by atoms with Gasteiger partial charge in [-0.05, 0) is 41.9 Å². The number of hydrogen-bond donors (Lipinski definition) is 2. The van der Waals surface area contributed by atoms with Crippen molar-refractivity contribution in [2.24, 2.45) is 0 Å². The van der Waals surface area contributed by atoms with Gasteiger partial charge in [-0.25, -0.2) is 0 Å². The fraction of sp³-hybridized carbons (Fsp3) is 0.538. The van der Waals surface area contributed by atoms with Crippen LogP contribution in [-0.4, -0.2) is 32.3 Å². The first-order chi connectivity index (χ1) is 8.83. The third-order valence-corrected chi connectivity index (χ3v) is 3.99. The van der Waals surface area contributed by atoms with Gasteiger partial charge in [-0.15, -0.1) is 0 Å². The highest BCUT2D eigenvalue weighted by atomic mass is 79.9. The molecule has 0 spiro atoms. The van der Waals surface area contributed by atoms with Crippen molar-refractivity contribution in [2.45, 2.75) is 18.9 Å². The maximum Gasteiger partial charge on any atom is 0.163 e. The van der Waals surface area contributed by atoms with Crippen LogP contribution >= 0.6 is 15.9 Å². The molecule has 1 saturated heterocycles. The van der Waals surface area contributed by atoms with Gasteiger partial charge in [0.25, 0.3) is 0 Å². The quantitative estimate of drug-likeness (QED) is 0.880. The van der Waals surface area contributed by atoms with Gasteiger partial charge in [0, 0.05) is 22.6 Å². The Morgan fingerprint density at radius 2 is 1.78 bits per heavy atom. The second kappa shape index (κ2) is 5.36. The molecule has 0 aliphatic carbocycles. The molecular formula is C13H17BrN2O2. The Kier molecular flexibility index (Phi) is 3.61. The molecule has 0 unspecified atom stereocenters. The number of fused-ring (bicyclic) bond motifs is 1. The zero-order valence-corrected chi connectivity index (χ0v) is 11.8. The van der Waals surface area contributed by atoms with E-state index in [1.165, 1.54) is 0 Å². The van der Waals surface area contributed by atoms with Crippen molar-refractivity contribution in [3.8, 4) is 11.5 Å². The van der Waals surface area contributed by atoms with Gasteiger partial charge in [0.2, 0.25) is 0 Å². The SMILES string of the molecule is Brc1cc2c(cc1NC1CCNCC1)OCCO2. The predicted octanol–water partition coefficient (Wildman–Crippen LogP) is 2.38. The molecule has 0 saturated carbocycles. The number of anilines is 1. The first-order valence-electron chi connectivity index (χ1n) is 6.39. The lowest BCUT2D eigenvalue weighted by molar-refractivity contribution is 0.171. The molecule has 98 valence electrons. The van der Waals surface area contributed by atoms with Crippen LogP contribution in [0.3, 0.4) is 0 Å². The van der Waals surface area contributed by atoms with Crippen LogP contribution in [0.2, 0.25) is 0 Å². The first-order valence-corrected chi connectivity index (χ1v) is 7.18. The van der Waals surface area contributed by atoms with E-state index >= 15 is 0 Å². The summed E-state index contributed by atoms with van der Waals surface area (Å²) in [4.78, 5) is 0. The van der Waals surface area contributed by atoms with E-state index in [4.69, 9.17) is 9.47 Å². The highest BCUT2D eigenvalue weighted by Gasteiger charge is 2.18. The van der Waals surface area contributed by atoms with Crippen LogP contribution in [0.25, 0.3) is 0 Å².